The van der Waals surface area contributed by atoms with Crippen LogP contribution in [0.3, 0.4) is 0 Å². The van der Waals surface area contributed by atoms with Crippen LogP contribution >= 0.6 is 0 Å². The highest BCUT2D eigenvalue weighted by atomic mass is 16.5. The Kier molecular flexibility index (Phi) is 3.49. The summed E-state index contributed by atoms with van der Waals surface area (Å²) < 4.78 is 5.04. The normalized spacial score (nSPS) is 24.3. The van der Waals surface area contributed by atoms with E-state index in [9.17, 15) is 14.4 Å². The number of ketones is 1. The van der Waals surface area contributed by atoms with Crippen LogP contribution in [0.5, 0.6) is 5.75 Å². The molecule has 0 radical (unpaired) electrons. The summed E-state index contributed by atoms with van der Waals surface area (Å²) >= 11 is 0. The highest BCUT2D eigenvalue weighted by Crippen LogP contribution is 2.39. The molecule has 2 unspecified atom stereocenters. The molecule has 1 saturated carbocycles. The standard InChI is InChI=1S/C16H17NO4/c1-21-11-7-5-10(6-8-11)14(18)9-17-15(19)12-3-2-4-13(12)16(17)20/h5-8,12-13H,2-4,9H2,1H3. The third-order valence-electron chi connectivity index (χ3n) is 4.40. The molecule has 110 valence electrons. The minimum atomic E-state index is -0.223. The SMILES string of the molecule is COc1ccc(C(=O)CN2C(=O)C3CCCC3C2=O)cc1. The molecule has 0 spiro atoms. The summed E-state index contributed by atoms with van der Waals surface area (Å²) in [5.74, 6) is -0.301. The number of amides is 2. The third-order valence-corrected chi connectivity index (χ3v) is 4.40. The van der Waals surface area contributed by atoms with Gasteiger partial charge in [0.25, 0.3) is 0 Å². The number of methoxy groups -OCH3 is 1. The van der Waals surface area contributed by atoms with Crippen LogP contribution in [0.4, 0.5) is 0 Å². The summed E-state index contributed by atoms with van der Waals surface area (Å²) in [7, 11) is 1.55. The van der Waals surface area contributed by atoms with Crippen molar-refractivity contribution in [1.82, 2.24) is 4.90 Å². The number of hydrogen-bond donors (Lipinski definition) is 0. The molecule has 1 saturated heterocycles. The van der Waals surface area contributed by atoms with Crippen LogP contribution in [0.1, 0.15) is 29.6 Å². The maximum Gasteiger partial charge on any atom is 0.233 e. The second kappa shape index (κ2) is 5.31. The monoisotopic (exact) mass is 287 g/mol. The first-order valence-electron chi connectivity index (χ1n) is 7.14. The molecule has 2 atom stereocenters. The van der Waals surface area contributed by atoms with Gasteiger partial charge in [0.05, 0.1) is 25.5 Å². The van der Waals surface area contributed by atoms with Gasteiger partial charge in [0.15, 0.2) is 5.78 Å². The van der Waals surface area contributed by atoms with Crippen LogP contribution in [0.2, 0.25) is 0 Å². The lowest BCUT2D eigenvalue weighted by Gasteiger charge is -2.15. The van der Waals surface area contributed by atoms with Crippen molar-refractivity contribution >= 4 is 17.6 Å². The summed E-state index contributed by atoms with van der Waals surface area (Å²) in [6, 6.07) is 6.67. The number of rotatable bonds is 4. The topological polar surface area (TPSA) is 63.7 Å². The zero-order chi connectivity index (χ0) is 15.0. The average Bonchev–Trinajstić information content (AvgIpc) is 3.07. The first kappa shape index (κ1) is 13.8. The molecule has 2 fully saturated rings. The molecule has 5 nitrogen and oxygen atoms in total. The van der Waals surface area contributed by atoms with Gasteiger partial charge in [-0.15, -0.1) is 0 Å². The second-order valence-electron chi connectivity index (χ2n) is 5.56. The number of nitrogens with zero attached hydrogens (tertiary/aromatic N) is 1. The van der Waals surface area contributed by atoms with Crippen molar-refractivity contribution < 1.29 is 19.1 Å². The number of imide groups is 1. The van der Waals surface area contributed by atoms with Crippen molar-refractivity contribution in [3.63, 3.8) is 0 Å². The Balaban J connectivity index is 1.72. The maximum atomic E-state index is 12.2. The van der Waals surface area contributed by atoms with Crippen molar-refractivity contribution in [3.05, 3.63) is 29.8 Å². The van der Waals surface area contributed by atoms with E-state index in [1.807, 2.05) is 0 Å². The van der Waals surface area contributed by atoms with E-state index in [-0.39, 0.29) is 36.0 Å². The van der Waals surface area contributed by atoms with E-state index < -0.39 is 0 Å². The first-order valence-corrected chi connectivity index (χ1v) is 7.14. The van der Waals surface area contributed by atoms with E-state index >= 15 is 0 Å². The number of carbonyl (C=O) groups excluding carboxylic acids is 3. The quantitative estimate of drug-likeness (QED) is 0.624. The lowest BCUT2D eigenvalue weighted by Crippen LogP contribution is -2.36. The van der Waals surface area contributed by atoms with Gasteiger partial charge in [0.1, 0.15) is 5.75 Å². The Morgan fingerprint density at radius 2 is 1.71 bits per heavy atom. The van der Waals surface area contributed by atoms with E-state index in [2.05, 4.69) is 0 Å². The van der Waals surface area contributed by atoms with Gasteiger partial charge in [-0.2, -0.15) is 0 Å². The van der Waals surface area contributed by atoms with Crippen LogP contribution in [0, 0.1) is 11.8 Å². The highest BCUT2D eigenvalue weighted by Gasteiger charge is 2.49. The zero-order valence-electron chi connectivity index (χ0n) is 11.9. The maximum absolute atomic E-state index is 12.2. The van der Waals surface area contributed by atoms with Crippen molar-refractivity contribution in [2.75, 3.05) is 13.7 Å². The average molecular weight is 287 g/mol. The van der Waals surface area contributed by atoms with Crippen LogP contribution < -0.4 is 4.74 Å². The van der Waals surface area contributed by atoms with Crippen molar-refractivity contribution in [3.8, 4) is 5.75 Å². The van der Waals surface area contributed by atoms with Gasteiger partial charge in [-0.1, -0.05) is 6.42 Å². The van der Waals surface area contributed by atoms with Crippen molar-refractivity contribution in [1.29, 1.82) is 0 Å². The zero-order valence-corrected chi connectivity index (χ0v) is 11.9. The summed E-state index contributed by atoms with van der Waals surface area (Å²) in [6.07, 6.45) is 2.46. The molecule has 1 heterocycles. The third kappa shape index (κ3) is 2.33. The predicted octanol–water partition coefficient (Wildman–Crippen LogP) is 1.66. The fourth-order valence-corrected chi connectivity index (χ4v) is 3.23. The van der Waals surface area contributed by atoms with E-state index in [0.29, 0.717) is 11.3 Å². The lowest BCUT2D eigenvalue weighted by molar-refractivity contribution is -0.139. The minimum absolute atomic E-state index is 0.156. The van der Waals surface area contributed by atoms with E-state index in [0.717, 1.165) is 24.2 Å². The molecule has 2 amide bonds. The highest BCUT2D eigenvalue weighted by molar-refractivity contribution is 6.10. The molecular formula is C16H17NO4. The largest absolute Gasteiger partial charge is 0.497 e. The number of ether oxygens (including phenoxy) is 1. The van der Waals surface area contributed by atoms with Gasteiger partial charge in [0.2, 0.25) is 11.8 Å². The molecule has 0 bridgehead atoms. The van der Waals surface area contributed by atoms with E-state index in [1.165, 1.54) is 0 Å². The Hall–Kier alpha value is -2.17. The second-order valence-corrected chi connectivity index (χ2v) is 5.56. The van der Waals surface area contributed by atoms with Crippen molar-refractivity contribution in [2.24, 2.45) is 11.8 Å². The Morgan fingerprint density at radius 1 is 1.14 bits per heavy atom. The predicted molar refractivity (Wildman–Crippen MR) is 74.9 cm³/mol. The number of hydrogen-bond acceptors (Lipinski definition) is 4. The number of fused-ring (bicyclic) bond motifs is 1. The fraction of sp³-hybridized carbons (Fsp3) is 0.438. The molecule has 3 rings (SSSR count). The van der Waals surface area contributed by atoms with Gasteiger partial charge in [-0.3, -0.25) is 19.3 Å². The van der Waals surface area contributed by atoms with Gasteiger partial charge >= 0.3 is 0 Å². The van der Waals surface area contributed by atoms with Crippen LogP contribution in [-0.2, 0) is 9.59 Å². The van der Waals surface area contributed by atoms with Crippen LogP contribution in [0.25, 0.3) is 0 Å². The Labute approximate surface area is 122 Å². The summed E-state index contributed by atoms with van der Waals surface area (Å²) in [5, 5.41) is 0. The lowest BCUT2D eigenvalue weighted by atomic mass is 10.00. The molecular weight excluding hydrogens is 270 g/mol. The van der Waals surface area contributed by atoms with Gasteiger partial charge in [0, 0.05) is 5.56 Å². The number of carbonyl (C=O) groups is 3. The molecule has 1 aromatic rings. The number of likely N-dealkylation sites (tertiary alicyclic amines) is 1. The molecule has 5 heteroatoms. The number of Topliss-reactive ketones (excluding diaryl/α,β-unsaturated/α-hetero) is 1. The molecule has 0 N–H and O–H groups in total. The van der Waals surface area contributed by atoms with E-state index in [1.54, 1.807) is 31.4 Å². The molecule has 1 aliphatic heterocycles. The van der Waals surface area contributed by atoms with Crippen molar-refractivity contribution in [2.45, 2.75) is 19.3 Å². The Bertz CT molecular complexity index is 571. The number of benzene rings is 1. The molecule has 1 aliphatic carbocycles. The fourth-order valence-electron chi connectivity index (χ4n) is 3.23. The van der Waals surface area contributed by atoms with E-state index in [4.69, 9.17) is 4.74 Å². The summed E-state index contributed by atoms with van der Waals surface area (Å²) in [6.45, 7) is -0.156. The van der Waals surface area contributed by atoms with Gasteiger partial charge < -0.3 is 4.74 Å². The molecule has 0 aromatic heterocycles. The summed E-state index contributed by atoms with van der Waals surface area (Å²) in [4.78, 5) is 37.8. The smallest absolute Gasteiger partial charge is 0.233 e. The molecule has 21 heavy (non-hydrogen) atoms. The van der Waals surface area contributed by atoms with Gasteiger partial charge in [-0.05, 0) is 37.1 Å². The molecule has 1 aromatic carbocycles. The summed E-state index contributed by atoms with van der Waals surface area (Å²) in [5.41, 5.74) is 0.480. The minimum Gasteiger partial charge on any atom is -0.497 e. The first-order chi connectivity index (χ1) is 10.1. The van der Waals surface area contributed by atoms with Crippen LogP contribution in [-0.4, -0.2) is 36.2 Å². The Morgan fingerprint density at radius 3 is 2.24 bits per heavy atom. The molecule has 2 aliphatic rings. The van der Waals surface area contributed by atoms with Gasteiger partial charge in [-0.25, -0.2) is 0 Å². The van der Waals surface area contributed by atoms with Crippen LogP contribution in [0.15, 0.2) is 24.3 Å².